The monoisotopic (exact) mass is 490 g/mol. The second kappa shape index (κ2) is 7.76. The molecule has 7 heteroatoms. The molecule has 152 valence electrons. The molecule has 0 spiro atoms. The van der Waals surface area contributed by atoms with Gasteiger partial charge in [-0.2, -0.15) is 0 Å². The number of ketones is 1. The third-order valence-electron chi connectivity index (χ3n) is 5.17. The molecule has 1 atom stereocenters. The first-order valence-electron chi connectivity index (χ1n) is 9.52. The number of anilines is 1. The zero-order valence-corrected chi connectivity index (χ0v) is 18.4. The van der Waals surface area contributed by atoms with E-state index < -0.39 is 17.7 Å². The van der Waals surface area contributed by atoms with Gasteiger partial charge in [0.15, 0.2) is 5.13 Å². The van der Waals surface area contributed by atoms with Crippen molar-refractivity contribution in [3.8, 4) is 0 Å². The van der Waals surface area contributed by atoms with Crippen LogP contribution in [0.5, 0.6) is 0 Å². The summed E-state index contributed by atoms with van der Waals surface area (Å²) in [7, 11) is 0. The summed E-state index contributed by atoms with van der Waals surface area (Å²) in [4.78, 5) is 32.3. The molecule has 0 bridgehead atoms. The molecule has 1 saturated heterocycles. The minimum Gasteiger partial charge on any atom is -0.507 e. The Morgan fingerprint density at radius 2 is 1.61 bits per heavy atom. The van der Waals surface area contributed by atoms with E-state index in [9.17, 15) is 14.7 Å². The lowest BCUT2D eigenvalue weighted by atomic mass is 9.95. The minimum atomic E-state index is -0.783. The topological polar surface area (TPSA) is 70.5 Å². The summed E-state index contributed by atoms with van der Waals surface area (Å²) in [5, 5.41) is 11.5. The van der Waals surface area contributed by atoms with Crippen molar-refractivity contribution in [3.05, 3.63) is 100 Å². The zero-order chi connectivity index (χ0) is 21.5. The number of benzene rings is 3. The highest BCUT2D eigenvalue weighted by molar-refractivity contribution is 9.10. The standard InChI is InChI=1S/C24H15BrN2O3S/c25-16-12-10-14(11-13-16)20-19(21(28)15-6-2-1-3-7-15)22(29)23(30)27(20)24-26-17-8-4-5-9-18(17)31-24/h1-13,20,28H. The maximum Gasteiger partial charge on any atom is 0.301 e. The fourth-order valence-electron chi connectivity index (χ4n) is 3.70. The number of carbonyl (C=O) groups excluding carboxylic acids is 2. The number of nitrogens with zero attached hydrogens (tertiary/aromatic N) is 2. The molecule has 0 saturated carbocycles. The van der Waals surface area contributed by atoms with Gasteiger partial charge in [0, 0.05) is 10.0 Å². The molecule has 4 aromatic rings. The van der Waals surface area contributed by atoms with E-state index in [1.807, 2.05) is 54.6 Å². The molecule has 1 amide bonds. The van der Waals surface area contributed by atoms with Gasteiger partial charge in [0.2, 0.25) is 0 Å². The Bertz CT molecular complexity index is 1310. The lowest BCUT2D eigenvalue weighted by Gasteiger charge is -2.23. The van der Waals surface area contributed by atoms with Crippen LogP contribution in [0, 0.1) is 0 Å². The van der Waals surface area contributed by atoms with Crippen molar-refractivity contribution in [2.24, 2.45) is 0 Å². The van der Waals surface area contributed by atoms with Crippen LogP contribution in [0.25, 0.3) is 16.0 Å². The molecule has 5 nitrogen and oxygen atoms in total. The molecule has 1 fully saturated rings. The van der Waals surface area contributed by atoms with Crippen molar-refractivity contribution in [1.29, 1.82) is 0 Å². The quantitative estimate of drug-likeness (QED) is 0.227. The van der Waals surface area contributed by atoms with Gasteiger partial charge in [0.05, 0.1) is 21.8 Å². The fourth-order valence-corrected chi connectivity index (χ4v) is 4.96. The van der Waals surface area contributed by atoms with E-state index in [1.54, 1.807) is 24.3 Å². The van der Waals surface area contributed by atoms with E-state index in [4.69, 9.17) is 0 Å². The highest BCUT2D eigenvalue weighted by Gasteiger charge is 2.48. The maximum atomic E-state index is 13.2. The first-order chi connectivity index (χ1) is 15.0. The molecule has 5 rings (SSSR count). The normalized spacial score (nSPS) is 18.1. The Labute approximate surface area is 190 Å². The second-order valence-electron chi connectivity index (χ2n) is 7.05. The van der Waals surface area contributed by atoms with Gasteiger partial charge in [-0.15, -0.1) is 0 Å². The van der Waals surface area contributed by atoms with E-state index >= 15 is 0 Å². The van der Waals surface area contributed by atoms with Gasteiger partial charge in [0.1, 0.15) is 5.76 Å². The largest absolute Gasteiger partial charge is 0.507 e. The van der Waals surface area contributed by atoms with Crippen LogP contribution in [0.15, 0.2) is 88.9 Å². The number of rotatable bonds is 3. The van der Waals surface area contributed by atoms with Crippen molar-refractivity contribution in [3.63, 3.8) is 0 Å². The van der Waals surface area contributed by atoms with Crippen molar-refractivity contribution >= 4 is 60.1 Å². The van der Waals surface area contributed by atoms with Crippen molar-refractivity contribution < 1.29 is 14.7 Å². The first kappa shape index (κ1) is 19.7. The van der Waals surface area contributed by atoms with Crippen LogP contribution in [0.2, 0.25) is 0 Å². The highest BCUT2D eigenvalue weighted by atomic mass is 79.9. The third kappa shape index (κ3) is 3.36. The average Bonchev–Trinajstić information content (AvgIpc) is 3.33. The lowest BCUT2D eigenvalue weighted by molar-refractivity contribution is -0.132. The van der Waals surface area contributed by atoms with Crippen molar-refractivity contribution in [1.82, 2.24) is 4.98 Å². The summed E-state index contributed by atoms with van der Waals surface area (Å²) < 4.78 is 1.79. The maximum absolute atomic E-state index is 13.2. The number of hydrogen-bond acceptors (Lipinski definition) is 5. The molecule has 1 aliphatic heterocycles. The van der Waals surface area contributed by atoms with Crippen LogP contribution in [-0.2, 0) is 9.59 Å². The number of Topliss-reactive ketones (excluding diaryl/α,β-unsaturated/α-hetero) is 1. The van der Waals surface area contributed by atoms with E-state index in [-0.39, 0.29) is 11.3 Å². The van der Waals surface area contributed by atoms with Crippen LogP contribution >= 0.6 is 27.3 Å². The highest BCUT2D eigenvalue weighted by Crippen LogP contribution is 2.44. The molecule has 31 heavy (non-hydrogen) atoms. The van der Waals surface area contributed by atoms with Crippen LogP contribution in [0.3, 0.4) is 0 Å². The number of aliphatic hydroxyl groups is 1. The molecule has 3 aromatic carbocycles. The predicted octanol–water partition coefficient (Wildman–Crippen LogP) is 5.69. The fraction of sp³-hybridized carbons (Fsp3) is 0.0417. The van der Waals surface area contributed by atoms with Gasteiger partial charge in [0.25, 0.3) is 5.78 Å². The molecular formula is C24H15BrN2O3S. The van der Waals surface area contributed by atoms with E-state index in [1.165, 1.54) is 16.2 Å². The number of aliphatic hydroxyl groups excluding tert-OH is 1. The Kier molecular flexibility index (Phi) is 4.92. The first-order valence-corrected chi connectivity index (χ1v) is 11.1. The Hall–Kier alpha value is -3.29. The predicted molar refractivity (Wildman–Crippen MR) is 125 cm³/mol. The summed E-state index contributed by atoms with van der Waals surface area (Å²) in [6.07, 6.45) is 0. The average molecular weight is 491 g/mol. The van der Waals surface area contributed by atoms with Gasteiger partial charge >= 0.3 is 5.91 Å². The molecule has 0 aliphatic carbocycles. The van der Waals surface area contributed by atoms with Gasteiger partial charge in [-0.3, -0.25) is 14.5 Å². The lowest BCUT2D eigenvalue weighted by Crippen LogP contribution is -2.29. The number of halogens is 1. The minimum absolute atomic E-state index is 0.0535. The Morgan fingerprint density at radius 3 is 2.32 bits per heavy atom. The van der Waals surface area contributed by atoms with E-state index in [0.717, 1.165) is 14.7 Å². The molecule has 1 N–H and O–H groups in total. The third-order valence-corrected chi connectivity index (χ3v) is 6.73. The SMILES string of the molecule is O=C1C(=O)N(c2nc3ccccc3s2)C(c2ccc(Br)cc2)C1=C(O)c1ccccc1. The summed E-state index contributed by atoms with van der Waals surface area (Å²) in [6, 6.07) is 22.9. The smallest absolute Gasteiger partial charge is 0.301 e. The number of hydrogen-bond donors (Lipinski definition) is 1. The van der Waals surface area contributed by atoms with Gasteiger partial charge in [-0.1, -0.05) is 81.9 Å². The van der Waals surface area contributed by atoms with Gasteiger partial charge < -0.3 is 5.11 Å². The number of carbonyl (C=O) groups is 2. The molecule has 0 radical (unpaired) electrons. The number of para-hydroxylation sites is 1. The van der Waals surface area contributed by atoms with E-state index in [2.05, 4.69) is 20.9 Å². The molecular weight excluding hydrogens is 476 g/mol. The van der Waals surface area contributed by atoms with Crippen LogP contribution < -0.4 is 4.90 Å². The zero-order valence-electron chi connectivity index (χ0n) is 16.0. The molecule has 1 aromatic heterocycles. The van der Waals surface area contributed by atoms with Crippen molar-refractivity contribution in [2.45, 2.75) is 6.04 Å². The van der Waals surface area contributed by atoms with Crippen molar-refractivity contribution in [2.75, 3.05) is 4.90 Å². The number of aromatic nitrogens is 1. The van der Waals surface area contributed by atoms with Gasteiger partial charge in [-0.05, 0) is 29.8 Å². The molecule has 1 aliphatic rings. The summed E-state index contributed by atoms with van der Waals surface area (Å²) in [5.41, 5.74) is 1.99. The van der Waals surface area contributed by atoms with Gasteiger partial charge in [-0.25, -0.2) is 4.98 Å². The van der Waals surface area contributed by atoms with Crippen LogP contribution in [0.4, 0.5) is 5.13 Å². The molecule has 1 unspecified atom stereocenters. The summed E-state index contributed by atoms with van der Waals surface area (Å²) in [6.45, 7) is 0. The molecule has 2 heterocycles. The van der Waals surface area contributed by atoms with Crippen LogP contribution in [0.1, 0.15) is 17.2 Å². The number of amides is 1. The van der Waals surface area contributed by atoms with Crippen LogP contribution in [-0.4, -0.2) is 21.8 Å². The van der Waals surface area contributed by atoms with E-state index in [0.29, 0.717) is 16.3 Å². The second-order valence-corrected chi connectivity index (χ2v) is 8.98. The number of thiazole rings is 1. The summed E-state index contributed by atoms with van der Waals surface area (Å²) >= 11 is 4.76. The number of fused-ring (bicyclic) bond motifs is 1. The Balaban J connectivity index is 1.74. The Morgan fingerprint density at radius 1 is 0.935 bits per heavy atom. The summed E-state index contributed by atoms with van der Waals surface area (Å²) in [5.74, 6) is -1.63.